The topological polar surface area (TPSA) is 64.4 Å². The number of amides is 1. The molecule has 0 saturated carbocycles. The Hall–Kier alpha value is -2.70. The van der Waals surface area contributed by atoms with E-state index in [9.17, 15) is 9.18 Å². The van der Waals surface area contributed by atoms with E-state index in [4.69, 9.17) is 20.9 Å². The van der Waals surface area contributed by atoms with Crippen LogP contribution in [0.3, 0.4) is 0 Å². The molecule has 2 aromatic carbocycles. The van der Waals surface area contributed by atoms with E-state index in [1.54, 1.807) is 42.5 Å². The van der Waals surface area contributed by atoms with Crippen molar-refractivity contribution in [1.29, 1.82) is 0 Å². The Morgan fingerprint density at radius 2 is 1.88 bits per heavy atom. The van der Waals surface area contributed by atoms with Crippen LogP contribution in [0.4, 0.5) is 10.1 Å². The van der Waals surface area contributed by atoms with Gasteiger partial charge in [0.05, 0.1) is 6.61 Å². The largest absolute Gasteiger partial charge is 0.365 e. The molecule has 1 heterocycles. The molecule has 0 spiro atoms. The van der Waals surface area contributed by atoms with Gasteiger partial charge in [0.25, 0.3) is 0 Å². The second-order valence-electron chi connectivity index (χ2n) is 5.24. The van der Waals surface area contributed by atoms with Gasteiger partial charge in [0.15, 0.2) is 5.76 Å². The van der Waals surface area contributed by atoms with Crippen LogP contribution in [0, 0.1) is 5.82 Å². The Morgan fingerprint density at radius 1 is 1.16 bits per heavy atom. The van der Waals surface area contributed by atoms with Gasteiger partial charge in [-0.15, -0.1) is 0 Å². The van der Waals surface area contributed by atoms with Crippen LogP contribution in [0.15, 0.2) is 59.1 Å². The Morgan fingerprint density at radius 3 is 2.60 bits per heavy atom. The molecule has 0 fully saturated rings. The van der Waals surface area contributed by atoms with Crippen molar-refractivity contribution in [2.24, 2.45) is 0 Å². The van der Waals surface area contributed by atoms with E-state index in [1.807, 2.05) is 0 Å². The highest BCUT2D eigenvalue weighted by atomic mass is 35.5. The van der Waals surface area contributed by atoms with Crippen molar-refractivity contribution in [3.8, 4) is 11.3 Å². The van der Waals surface area contributed by atoms with Crippen molar-refractivity contribution >= 4 is 23.2 Å². The van der Waals surface area contributed by atoms with Crippen LogP contribution >= 0.6 is 11.6 Å². The monoisotopic (exact) mass is 360 g/mol. The summed E-state index contributed by atoms with van der Waals surface area (Å²) >= 11 is 5.78. The standard InChI is InChI=1S/C18H14ClFN2O3/c19-13-3-7-15(8-4-13)21-18(23)11-24-10-16-9-17(25-22-16)12-1-5-14(20)6-2-12/h1-9H,10-11H2,(H,21,23). The molecule has 0 aliphatic heterocycles. The van der Waals surface area contributed by atoms with Gasteiger partial charge in [-0.05, 0) is 48.5 Å². The summed E-state index contributed by atoms with van der Waals surface area (Å²) in [4.78, 5) is 11.8. The molecule has 5 nitrogen and oxygen atoms in total. The van der Waals surface area contributed by atoms with Gasteiger partial charge >= 0.3 is 0 Å². The fourth-order valence-corrected chi connectivity index (χ4v) is 2.23. The Kier molecular flexibility index (Phi) is 5.42. The Bertz CT molecular complexity index is 848. The summed E-state index contributed by atoms with van der Waals surface area (Å²) in [5.74, 6) is -0.104. The van der Waals surface area contributed by atoms with Gasteiger partial charge in [-0.25, -0.2) is 4.39 Å². The number of nitrogens with zero attached hydrogens (tertiary/aromatic N) is 1. The van der Waals surface area contributed by atoms with Crippen molar-refractivity contribution < 1.29 is 18.4 Å². The molecule has 0 bridgehead atoms. The number of carbonyl (C=O) groups excluding carboxylic acids is 1. The molecule has 0 saturated heterocycles. The Labute approximate surface area is 148 Å². The molecule has 0 unspecified atom stereocenters. The number of benzene rings is 2. The molecule has 25 heavy (non-hydrogen) atoms. The molecule has 7 heteroatoms. The van der Waals surface area contributed by atoms with E-state index in [2.05, 4.69) is 10.5 Å². The first-order chi connectivity index (χ1) is 12.1. The summed E-state index contributed by atoms with van der Waals surface area (Å²) in [6.07, 6.45) is 0. The number of nitrogens with one attached hydrogen (secondary N) is 1. The second kappa shape index (κ2) is 7.92. The lowest BCUT2D eigenvalue weighted by Gasteiger charge is -2.05. The molecular weight excluding hydrogens is 347 g/mol. The van der Waals surface area contributed by atoms with Crippen molar-refractivity contribution in [3.63, 3.8) is 0 Å². The fraction of sp³-hybridized carbons (Fsp3) is 0.111. The summed E-state index contributed by atoms with van der Waals surface area (Å²) in [6, 6.07) is 14.3. The van der Waals surface area contributed by atoms with Crippen LogP contribution in [0.25, 0.3) is 11.3 Å². The third-order valence-electron chi connectivity index (χ3n) is 3.30. The van der Waals surface area contributed by atoms with Gasteiger partial charge in [-0.2, -0.15) is 0 Å². The first-order valence-electron chi connectivity index (χ1n) is 7.45. The van der Waals surface area contributed by atoms with Gasteiger partial charge in [0.2, 0.25) is 5.91 Å². The minimum absolute atomic E-state index is 0.124. The summed E-state index contributed by atoms with van der Waals surface area (Å²) in [7, 11) is 0. The minimum Gasteiger partial charge on any atom is -0.365 e. The van der Waals surface area contributed by atoms with Crippen molar-refractivity contribution in [2.75, 3.05) is 11.9 Å². The van der Waals surface area contributed by atoms with Crippen molar-refractivity contribution in [2.45, 2.75) is 6.61 Å². The number of rotatable bonds is 6. The van der Waals surface area contributed by atoms with Crippen LogP contribution in [0.2, 0.25) is 5.02 Å². The first kappa shape index (κ1) is 17.1. The van der Waals surface area contributed by atoms with Crippen LogP contribution in [-0.4, -0.2) is 17.7 Å². The Balaban J connectivity index is 1.48. The third-order valence-corrected chi connectivity index (χ3v) is 3.55. The summed E-state index contributed by atoms with van der Waals surface area (Å²) < 4.78 is 23.4. The highest BCUT2D eigenvalue weighted by Gasteiger charge is 2.08. The number of hydrogen-bond donors (Lipinski definition) is 1. The maximum absolute atomic E-state index is 12.9. The molecule has 0 aliphatic carbocycles. The maximum Gasteiger partial charge on any atom is 0.250 e. The zero-order valence-electron chi connectivity index (χ0n) is 13.0. The van der Waals surface area contributed by atoms with Crippen LogP contribution in [-0.2, 0) is 16.1 Å². The summed E-state index contributed by atoms with van der Waals surface area (Å²) in [6.45, 7) is 0.0000997. The summed E-state index contributed by atoms with van der Waals surface area (Å²) in [5.41, 5.74) is 1.89. The number of anilines is 1. The smallest absolute Gasteiger partial charge is 0.250 e. The summed E-state index contributed by atoms with van der Waals surface area (Å²) in [5, 5.41) is 7.15. The zero-order chi connectivity index (χ0) is 17.6. The fourth-order valence-electron chi connectivity index (χ4n) is 2.11. The molecule has 0 radical (unpaired) electrons. The zero-order valence-corrected chi connectivity index (χ0v) is 13.8. The predicted molar refractivity (Wildman–Crippen MR) is 91.6 cm³/mol. The molecule has 3 aromatic rings. The minimum atomic E-state index is -0.321. The molecule has 1 N–H and O–H groups in total. The molecule has 1 amide bonds. The second-order valence-corrected chi connectivity index (χ2v) is 5.67. The maximum atomic E-state index is 12.9. The molecule has 1 aromatic heterocycles. The lowest BCUT2D eigenvalue weighted by Crippen LogP contribution is -2.18. The molecule has 128 valence electrons. The van der Waals surface area contributed by atoms with Gasteiger partial charge in [-0.3, -0.25) is 4.79 Å². The molecule has 0 aliphatic rings. The third kappa shape index (κ3) is 4.89. The van der Waals surface area contributed by atoms with Gasteiger partial charge in [-0.1, -0.05) is 16.8 Å². The van der Waals surface area contributed by atoms with Crippen molar-refractivity contribution in [1.82, 2.24) is 5.16 Å². The lowest BCUT2D eigenvalue weighted by molar-refractivity contribution is -0.121. The van der Waals surface area contributed by atoms with Crippen LogP contribution in [0.1, 0.15) is 5.69 Å². The van der Waals surface area contributed by atoms with E-state index in [1.165, 1.54) is 12.1 Å². The lowest BCUT2D eigenvalue weighted by atomic mass is 10.1. The van der Waals surface area contributed by atoms with Gasteiger partial charge < -0.3 is 14.6 Å². The van der Waals surface area contributed by atoms with E-state index in [-0.39, 0.29) is 24.9 Å². The quantitative estimate of drug-likeness (QED) is 0.712. The number of hydrogen-bond acceptors (Lipinski definition) is 4. The normalized spacial score (nSPS) is 10.6. The number of aromatic nitrogens is 1. The molecule has 0 atom stereocenters. The van der Waals surface area contributed by atoms with Gasteiger partial charge in [0.1, 0.15) is 18.1 Å². The van der Waals surface area contributed by atoms with E-state index >= 15 is 0 Å². The predicted octanol–water partition coefficient (Wildman–Crippen LogP) is 4.29. The van der Waals surface area contributed by atoms with Crippen molar-refractivity contribution in [3.05, 3.63) is 71.1 Å². The van der Waals surface area contributed by atoms with Crippen LogP contribution in [0.5, 0.6) is 0 Å². The van der Waals surface area contributed by atoms with Crippen LogP contribution < -0.4 is 5.32 Å². The molecule has 3 rings (SSSR count). The average molecular weight is 361 g/mol. The highest BCUT2D eigenvalue weighted by molar-refractivity contribution is 6.30. The highest BCUT2D eigenvalue weighted by Crippen LogP contribution is 2.21. The number of ether oxygens (including phenoxy) is 1. The van der Waals surface area contributed by atoms with E-state index in [0.717, 1.165) is 0 Å². The van der Waals surface area contributed by atoms with E-state index in [0.29, 0.717) is 27.7 Å². The van der Waals surface area contributed by atoms with E-state index < -0.39 is 0 Å². The SMILES string of the molecule is O=C(COCc1cc(-c2ccc(F)cc2)on1)Nc1ccc(Cl)cc1. The van der Waals surface area contributed by atoms with Gasteiger partial charge in [0, 0.05) is 22.3 Å². The molecular formula is C18H14ClFN2O3. The number of halogens is 2. The number of carbonyl (C=O) groups is 1. The first-order valence-corrected chi connectivity index (χ1v) is 7.82. The average Bonchev–Trinajstić information content (AvgIpc) is 3.06.